The first-order valence-electron chi connectivity index (χ1n) is 5.11. The molecule has 7 nitrogen and oxygen atoms in total. The van der Waals surface area contributed by atoms with Gasteiger partial charge in [0, 0.05) is 11.6 Å². The monoisotopic (exact) mass is 264 g/mol. The van der Waals surface area contributed by atoms with Crippen LogP contribution in [0.5, 0.6) is 0 Å². The van der Waals surface area contributed by atoms with Gasteiger partial charge in [-0.15, -0.1) is 16.9 Å². The van der Waals surface area contributed by atoms with Crippen LogP contribution in [-0.2, 0) is 9.59 Å². The van der Waals surface area contributed by atoms with Crippen LogP contribution >= 0.6 is 11.8 Å². The number of hydrogen-bond donors (Lipinski definition) is 2. The number of carboxylic acids is 1. The Bertz CT molecular complexity index is 605. The van der Waals surface area contributed by atoms with E-state index in [2.05, 4.69) is 15.4 Å². The summed E-state index contributed by atoms with van der Waals surface area (Å²) in [5, 5.41) is 20.2. The Hall–Kier alpha value is -2.09. The zero-order chi connectivity index (χ0) is 12.9. The van der Waals surface area contributed by atoms with E-state index in [4.69, 9.17) is 5.11 Å². The summed E-state index contributed by atoms with van der Waals surface area (Å²) >= 11 is 1.31. The van der Waals surface area contributed by atoms with Crippen LogP contribution in [0.4, 0.5) is 0 Å². The van der Waals surface area contributed by atoms with E-state index in [-0.39, 0.29) is 17.0 Å². The first kappa shape index (κ1) is 11.0. The average molecular weight is 264 g/mol. The van der Waals surface area contributed by atoms with Crippen molar-refractivity contribution in [2.75, 3.05) is 0 Å². The van der Waals surface area contributed by atoms with Crippen LogP contribution < -0.4 is 0 Å². The summed E-state index contributed by atoms with van der Waals surface area (Å²) in [5.41, 5.74) is 1.94. The van der Waals surface area contributed by atoms with Crippen LogP contribution in [-0.4, -0.2) is 42.7 Å². The Morgan fingerprint density at radius 2 is 2.39 bits per heavy atom. The standard InChI is InChI=1S/C10H8N4O3S/c1-4(5-2-11-13-12-5)7-8(15)14-6(10(16)17)3-18-9(7)14/h2-3,9H,1H3,(H,16,17)(H,11,12,13)/b7-4+/t9-/m0/s1. The molecule has 3 rings (SSSR count). The number of carbonyl (C=O) groups is 2. The molecule has 0 spiro atoms. The number of H-pyrrole nitrogens is 1. The fourth-order valence-corrected chi connectivity index (χ4v) is 3.19. The van der Waals surface area contributed by atoms with Gasteiger partial charge in [-0.05, 0) is 12.5 Å². The Kier molecular flexibility index (Phi) is 2.27. The summed E-state index contributed by atoms with van der Waals surface area (Å²) in [6, 6.07) is 0. The number of allylic oxidation sites excluding steroid dienone is 1. The number of nitrogens with one attached hydrogen (secondary N) is 1. The van der Waals surface area contributed by atoms with Crippen LogP contribution in [0.3, 0.4) is 0 Å². The minimum absolute atomic E-state index is 0.0340. The Labute approximate surface area is 106 Å². The molecule has 1 saturated heterocycles. The first-order chi connectivity index (χ1) is 8.61. The molecular weight excluding hydrogens is 256 g/mol. The van der Waals surface area contributed by atoms with Gasteiger partial charge in [-0.25, -0.2) is 4.79 Å². The highest BCUT2D eigenvalue weighted by Gasteiger charge is 2.50. The van der Waals surface area contributed by atoms with Crippen molar-refractivity contribution in [2.45, 2.75) is 12.3 Å². The molecule has 92 valence electrons. The molecule has 1 fully saturated rings. The number of aliphatic carboxylic acids is 1. The highest BCUT2D eigenvalue weighted by molar-refractivity contribution is 8.03. The van der Waals surface area contributed by atoms with E-state index in [1.54, 1.807) is 13.1 Å². The lowest BCUT2D eigenvalue weighted by molar-refractivity contribution is -0.141. The molecule has 2 aliphatic heterocycles. The number of aromatic nitrogens is 3. The number of thioether (sulfide) groups is 1. The number of fused-ring (bicyclic) bond motifs is 1. The molecular formula is C10H8N4O3S. The topological polar surface area (TPSA) is 99.2 Å². The summed E-state index contributed by atoms with van der Waals surface area (Å²) in [5.74, 6) is -1.37. The number of β-lactam (4-membered cyclic amide) rings is 1. The third kappa shape index (κ3) is 1.32. The zero-order valence-corrected chi connectivity index (χ0v) is 10.1. The summed E-state index contributed by atoms with van der Waals surface area (Å²) in [6.07, 6.45) is 1.60. The second-order valence-corrected chi connectivity index (χ2v) is 4.82. The van der Waals surface area contributed by atoms with Gasteiger partial charge in [0.15, 0.2) is 0 Å². The van der Waals surface area contributed by atoms with Crippen LogP contribution in [0.1, 0.15) is 12.6 Å². The number of carboxylic acid groups (broad SMARTS) is 1. The van der Waals surface area contributed by atoms with E-state index in [0.29, 0.717) is 11.3 Å². The van der Waals surface area contributed by atoms with Crippen LogP contribution in [0, 0.1) is 0 Å². The molecule has 0 saturated carbocycles. The predicted octanol–water partition coefficient (Wildman–Crippen LogP) is 0.419. The smallest absolute Gasteiger partial charge is 0.353 e. The van der Waals surface area contributed by atoms with Gasteiger partial charge in [-0.2, -0.15) is 0 Å². The number of aromatic amines is 1. The highest BCUT2D eigenvalue weighted by Crippen LogP contribution is 2.46. The third-order valence-electron chi connectivity index (χ3n) is 2.92. The number of amides is 1. The van der Waals surface area contributed by atoms with Crippen LogP contribution in [0.25, 0.3) is 5.57 Å². The Morgan fingerprint density at radius 1 is 1.61 bits per heavy atom. The van der Waals surface area contributed by atoms with Crippen molar-refractivity contribution in [3.8, 4) is 0 Å². The first-order valence-corrected chi connectivity index (χ1v) is 6.05. The molecule has 1 amide bonds. The van der Waals surface area contributed by atoms with Crippen molar-refractivity contribution < 1.29 is 14.7 Å². The summed E-state index contributed by atoms with van der Waals surface area (Å²) in [7, 11) is 0. The number of hydrogen-bond acceptors (Lipinski definition) is 5. The quantitative estimate of drug-likeness (QED) is 0.593. The number of rotatable bonds is 2. The van der Waals surface area contributed by atoms with Gasteiger partial charge in [0.05, 0.1) is 5.57 Å². The molecule has 3 heterocycles. The fourth-order valence-electron chi connectivity index (χ4n) is 1.98. The highest BCUT2D eigenvalue weighted by atomic mass is 32.2. The molecule has 1 aromatic rings. The molecule has 0 aliphatic carbocycles. The van der Waals surface area contributed by atoms with E-state index in [1.807, 2.05) is 0 Å². The van der Waals surface area contributed by atoms with E-state index in [1.165, 1.54) is 22.1 Å². The van der Waals surface area contributed by atoms with E-state index in [9.17, 15) is 9.59 Å². The Morgan fingerprint density at radius 3 is 3.00 bits per heavy atom. The maximum absolute atomic E-state index is 12.0. The summed E-state index contributed by atoms with van der Waals surface area (Å²) in [6.45, 7) is 1.78. The molecule has 0 unspecified atom stereocenters. The van der Waals surface area contributed by atoms with Crippen molar-refractivity contribution >= 4 is 29.2 Å². The lowest BCUT2D eigenvalue weighted by Crippen LogP contribution is -2.51. The molecule has 2 N–H and O–H groups in total. The van der Waals surface area contributed by atoms with Gasteiger partial charge in [-0.1, -0.05) is 5.21 Å². The maximum atomic E-state index is 12.0. The molecule has 2 aliphatic rings. The van der Waals surface area contributed by atoms with Crippen molar-refractivity contribution in [2.24, 2.45) is 0 Å². The molecule has 0 aromatic carbocycles. The van der Waals surface area contributed by atoms with Crippen molar-refractivity contribution in [1.29, 1.82) is 0 Å². The van der Waals surface area contributed by atoms with E-state index >= 15 is 0 Å². The van der Waals surface area contributed by atoms with Crippen molar-refractivity contribution in [1.82, 2.24) is 20.3 Å². The molecule has 8 heteroatoms. The molecule has 18 heavy (non-hydrogen) atoms. The number of nitrogens with zero attached hydrogens (tertiary/aromatic N) is 3. The van der Waals surface area contributed by atoms with Crippen molar-refractivity contribution in [3.63, 3.8) is 0 Å². The lowest BCUT2D eigenvalue weighted by atomic mass is 9.98. The van der Waals surface area contributed by atoms with E-state index < -0.39 is 5.97 Å². The second-order valence-electron chi connectivity index (χ2n) is 3.87. The van der Waals surface area contributed by atoms with Gasteiger partial charge < -0.3 is 5.11 Å². The molecule has 1 aromatic heterocycles. The van der Waals surface area contributed by atoms with Gasteiger partial charge in [0.25, 0.3) is 5.91 Å². The van der Waals surface area contributed by atoms with Gasteiger partial charge >= 0.3 is 5.97 Å². The summed E-state index contributed by atoms with van der Waals surface area (Å²) in [4.78, 5) is 24.2. The van der Waals surface area contributed by atoms with Crippen molar-refractivity contribution in [3.05, 3.63) is 28.6 Å². The maximum Gasteiger partial charge on any atom is 0.353 e. The average Bonchev–Trinajstić information content (AvgIpc) is 2.95. The minimum Gasteiger partial charge on any atom is -0.477 e. The largest absolute Gasteiger partial charge is 0.477 e. The molecule has 0 radical (unpaired) electrons. The minimum atomic E-state index is -1.09. The fraction of sp³-hybridized carbons (Fsp3) is 0.200. The van der Waals surface area contributed by atoms with E-state index in [0.717, 1.165) is 5.57 Å². The zero-order valence-electron chi connectivity index (χ0n) is 9.25. The van der Waals surface area contributed by atoms with Gasteiger partial charge in [-0.3, -0.25) is 14.8 Å². The second kappa shape index (κ2) is 3.70. The summed E-state index contributed by atoms with van der Waals surface area (Å²) < 4.78 is 0. The predicted molar refractivity (Wildman–Crippen MR) is 62.9 cm³/mol. The SMILES string of the molecule is C/C(=C1/C(=O)N2C(C(=O)O)=CS[C@@H]12)c1c[nH]nn1. The number of carbonyl (C=O) groups excluding carboxylic acids is 1. The third-order valence-corrected chi connectivity index (χ3v) is 3.99. The van der Waals surface area contributed by atoms with Gasteiger partial charge in [0.2, 0.25) is 0 Å². The lowest BCUT2D eigenvalue weighted by Gasteiger charge is -2.38. The molecule has 1 atom stereocenters. The van der Waals surface area contributed by atoms with Gasteiger partial charge in [0.1, 0.15) is 16.8 Å². The van der Waals surface area contributed by atoms with Crippen LogP contribution in [0.15, 0.2) is 22.9 Å². The van der Waals surface area contributed by atoms with Crippen LogP contribution in [0.2, 0.25) is 0 Å². The normalized spacial score (nSPS) is 24.5. The Balaban J connectivity index is 1.95. The molecule has 0 bridgehead atoms.